The third kappa shape index (κ3) is 4.29. The Morgan fingerprint density at radius 1 is 1.32 bits per heavy atom. The minimum atomic E-state index is -0.199. The predicted octanol–water partition coefficient (Wildman–Crippen LogP) is 3.87. The van der Waals surface area contributed by atoms with E-state index in [2.05, 4.69) is 25.5 Å². The third-order valence-electron chi connectivity index (χ3n) is 3.56. The number of ether oxygens (including phenoxy) is 1. The summed E-state index contributed by atoms with van der Waals surface area (Å²) in [5, 5.41) is 11.6. The van der Waals surface area contributed by atoms with Gasteiger partial charge in [0.05, 0.1) is 28.1 Å². The fourth-order valence-electron chi connectivity index (χ4n) is 2.37. The second kappa shape index (κ2) is 8.36. The van der Waals surface area contributed by atoms with Crippen LogP contribution >= 0.6 is 23.1 Å². The first-order valence-electron chi connectivity index (χ1n) is 8.41. The standard InChI is InChI=1S/C18H15N5O3S2/c1-2-25-12-5-6-13-14(8-12)28-17(20-13)21-15(24)10-27-18-23-22-16(26-18)11-4-3-7-19-9-11/h3-9H,2,10H2,1H3,(H,20,21,24). The molecule has 4 aromatic rings. The molecule has 0 saturated carbocycles. The Kier molecular flexibility index (Phi) is 5.49. The molecule has 142 valence electrons. The zero-order chi connectivity index (χ0) is 19.3. The summed E-state index contributed by atoms with van der Waals surface area (Å²) in [4.78, 5) is 20.6. The van der Waals surface area contributed by atoms with Crippen LogP contribution in [-0.4, -0.2) is 38.4 Å². The molecule has 4 rings (SSSR count). The number of carbonyl (C=O) groups is 1. The fraction of sp³-hybridized carbons (Fsp3) is 0.167. The van der Waals surface area contributed by atoms with E-state index in [-0.39, 0.29) is 11.7 Å². The van der Waals surface area contributed by atoms with Crippen molar-refractivity contribution in [2.24, 2.45) is 0 Å². The van der Waals surface area contributed by atoms with Gasteiger partial charge in [-0.25, -0.2) is 4.98 Å². The Bertz CT molecular complexity index is 1100. The number of hydrogen-bond donors (Lipinski definition) is 1. The van der Waals surface area contributed by atoms with E-state index in [1.165, 1.54) is 11.3 Å². The number of hydrogen-bond acceptors (Lipinski definition) is 9. The van der Waals surface area contributed by atoms with Gasteiger partial charge in [0.25, 0.3) is 5.22 Å². The Hall–Kier alpha value is -2.98. The number of anilines is 1. The van der Waals surface area contributed by atoms with Crippen molar-refractivity contribution < 1.29 is 13.9 Å². The first-order chi connectivity index (χ1) is 13.7. The quantitative estimate of drug-likeness (QED) is 0.456. The zero-order valence-corrected chi connectivity index (χ0v) is 16.4. The smallest absolute Gasteiger partial charge is 0.277 e. The van der Waals surface area contributed by atoms with Crippen LogP contribution in [0.2, 0.25) is 0 Å². The van der Waals surface area contributed by atoms with Crippen molar-refractivity contribution >= 4 is 44.4 Å². The molecule has 1 aromatic carbocycles. The van der Waals surface area contributed by atoms with Crippen molar-refractivity contribution in [2.45, 2.75) is 12.1 Å². The van der Waals surface area contributed by atoms with Gasteiger partial charge < -0.3 is 14.5 Å². The first kappa shape index (κ1) is 18.4. The SMILES string of the molecule is CCOc1ccc2nc(NC(=O)CSc3nnc(-c4cccnc4)o3)sc2c1. The lowest BCUT2D eigenvalue weighted by Gasteiger charge is -2.00. The number of carbonyl (C=O) groups excluding carboxylic acids is 1. The van der Waals surface area contributed by atoms with Gasteiger partial charge in [0.15, 0.2) is 5.13 Å². The maximum atomic E-state index is 12.2. The lowest BCUT2D eigenvalue weighted by molar-refractivity contribution is -0.113. The number of thioether (sulfide) groups is 1. The maximum absolute atomic E-state index is 12.2. The van der Waals surface area contributed by atoms with Crippen molar-refractivity contribution in [3.63, 3.8) is 0 Å². The third-order valence-corrected chi connectivity index (χ3v) is 5.31. The van der Waals surface area contributed by atoms with E-state index in [9.17, 15) is 4.79 Å². The zero-order valence-electron chi connectivity index (χ0n) is 14.8. The number of nitrogens with one attached hydrogen (secondary N) is 1. The van der Waals surface area contributed by atoms with E-state index < -0.39 is 0 Å². The molecule has 8 nitrogen and oxygen atoms in total. The van der Waals surface area contributed by atoms with Gasteiger partial charge in [-0.2, -0.15) is 0 Å². The van der Waals surface area contributed by atoms with Crippen molar-refractivity contribution in [1.82, 2.24) is 20.2 Å². The highest BCUT2D eigenvalue weighted by Gasteiger charge is 2.13. The van der Waals surface area contributed by atoms with Crippen LogP contribution in [0, 0.1) is 0 Å². The molecule has 0 aliphatic carbocycles. The van der Waals surface area contributed by atoms with Crippen LogP contribution in [0.25, 0.3) is 21.7 Å². The molecule has 0 unspecified atom stereocenters. The number of pyridine rings is 1. The summed E-state index contributed by atoms with van der Waals surface area (Å²) in [5.41, 5.74) is 1.54. The molecule has 0 bridgehead atoms. The van der Waals surface area contributed by atoms with E-state index in [1.807, 2.05) is 31.2 Å². The number of fused-ring (bicyclic) bond motifs is 1. The summed E-state index contributed by atoms with van der Waals surface area (Å²) in [6.07, 6.45) is 3.30. The topological polar surface area (TPSA) is 103 Å². The van der Waals surface area contributed by atoms with E-state index in [4.69, 9.17) is 9.15 Å². The van der Waals surface area contributed by atoms with Crippen LogP contribution in [0.3, 0.4) is 0 Å². The molecule has 28 heavy (non-hydrogen) atoms. The predicted molar refractivity (Wildman–Crippen MR) is 108 cm³/mol. The van der Waals surface area contributed by atoms with Gasteiger partial charge in [0, 0.05) is 12.4 Å². The van der Waals surface area contributed by atoms with Gasteiger partial charge in [0.2, 0.25) is 11.8 Å². The van der Waals surface area contributed by atoms with Crippen molar-refractivity contribution in [3.05, 3.63) is 42.7 Å². The molecule has 0 saturated heterocycles. The average molecular weight is 413 g/mol. The van der Waals surface area contributed by atoms with Gasteiger partial charge in [0.1, 0.15) is 5.75 Å². The molecule has 0 spiro atoms. The number of thiazole rings is 1. The largest absolute Gasteiger partial charge is 0.494 e. The molecule has 3 heterocycles. The van der Waals surface area contributed by atoms with Crippen LogP contribution in [0.15, 0.2) is 52.4 Å². The minimum Gasteiger partial charge on any atom is -0.494 e. The summed E-state index contributed by atoms with van der Waals surface area (Å²) < 4.78 is 12.0. The highest BCUT2D eigenvalue weighted by atomic mass is 32.2. The van der Waals surface area contributed by atoms with E-state index in [0.29, 0.717) is 22.9 Å². The van der Waals surface area contributed by atoms with Crippen molar-refractivity contribution in [1.29, 1.82) is 0 Å². The van der Waals surface area contributed by atoms with Crippen LogP contribution in [0.5, 0.6) is 5.75 Å². The van der Waals surface area contributed by atoms with Crippen LogP contribution < -0.4 is 10.1 Å². The maximum Gasteiger partial charge on any atom is 0.277 e. The molecular weight excluding hydrogens is 398 g/mol. The van der Waals surface area contributed by atoms with Gasteiger partial charge in [-0.3, -0.25) is 9.78 Å². The Morgan fingerprint density at radius 2 is 2.25 bits per heavy atom. The minimum absolute atomic E-state index is 0.134. The van der Waals surface area contributed by atoms with Gasteiger partial charge >= 0.3 is 0 Å². The summed E-state index contributed by atoms with van der Waals surface area (Å²) in [5.74, 6) is 1.09. The van der Waals surface area contributed by atoms with E-state index >= 15 is 0 Å². The highest BCUT2D eigenvalue weighted by molar-refractivity contribution is 7.99. The molecule has 0 radical (unpaired) electrons. The lowest BCUT2D eigenvalue weighted by atomic mass is 10.3. The molecule has 1 N–H and O–H groups in total. The van der Waals surface area contributed by atoms with Gasteiger partial charge in [-0.05, 0) is 37.3 Å². The molecule has 0 aliphatic heterocycles. The average Bonchev–Trinajstić information content (AvgIpc) is 3.33. The molecule has 0 fully saturated rings. The summed E-state index contributed by atoms with van der Waals surface area (Å²) in [7, 11) is 0. The second-order valence-electron chi connectivity index (χ2n) is 5.53. The first-order valence-corrected chi connectivity index (χ1v) is 10.2. The van der Waals surface area contributed by atoms with Crippen LogP contribution in [0.4, 0.5) is 5.13 Å². The second-order valence-corrected chi connectivity index (χ2v) is 7.49. The normalized spacial score (nSPS) is 10.9. The van der Waals surface area contributed by atoms with Crippen molar-refractivity contribution in [2.75, 3.05) is 17.7 Å². The molecular formula is C18H15N5O3S2. The molecule has 0 aliphatic rings. The number of nitrogens with zero attached hydrogens (tertiary/aromatic N) is 4. The Balaban J connectivity index is 1.36. The lowest BCUT2D eigenvalue weighted by Crippen LogP contribution is -2.13. The van der Waals surface area contributed by atoms with Crippen molar-refractivity contribution in [3.8, 4) is 17.2 Å². The monoisotopic (exact) mass is 413 g/mol. The number of amides is 1. The number of aromatic nitrogens is 4. The summed E-state index contributed by atoms with van der Waals surface area (Å²) in [6, 6.07) is 9.27. The Labute approximate surface area is 168 Å². The van der Waals surface area contributed by atoms with Crippen LogP contribution in [0.1, 0.15) is 6.92 Å². The highest BCUT2D eigenvalue weighted by Crippen LogP contribution is 2.29. The summed E-state index contributed by atoms with van der Waals surface area (Å²) >= 11 is 2.56. The molecule has 0 atom stereocenters. The van der Waals surface area contributed by atoms with Gasteiger partial charge in [-0.1, -0.05) is 23.1 Å². The Morgan fingerprint density at radius 3 is 3.07 bits per heavy atom. The molecule has 1 amide bonds. The summed E-state index contributed by atoms with van der Waals surface area (Å²) in [6.45, 7) is 2.53. The fourth-order valence-corrected chi connectivity index (χ4v) is 3.85. The number of rotatable bonds is 7. The number of benzene rings is 1. The molecule has 3 aromatic heterocycles. The van der Waals surface area contributed by atoms with Crippen LogP contribution in [-0.2, 0) is 4.79 Å². The van der Waals surface area contributed by atoms with E-state index in [1.54, 1.807) is 18.5 Å². The molecule has 10 heteroatoms. The van der Waals surface area contributed by atoms with E-state index in [0.717, 1.165) is 33.3 Å². The van der Waals surface area contributed by atoms with Gasteiger partial charge in [-0.15, -0.1) is 10.2 Å².